The molecule has 1 fully saturated rings. The third kappa shape index (κ3) is 3.80. The summed E-state index contributed by atoms with van der Waals surface area (Å²) < 4.78 is 5.28. The number of anilines is 1. The molecule has 24 heavy (non-hydrogen) atoms. The van der Waals surface area contributed by atoms with E-state index >= 15 is 0 Å². The van der Waals surface area contributed by atoms with E-state index in [0.29, 0.717) is 27.8 Å². The third-order valence-corrected chi connectivity index (χ3v) is 4.04. The van der Waals surface area contributed by atoms with Crippen LogP contribution in [0.25, 0.3) is 0 Å². The number of nitrogens with one attached hydrogen (secondary N) is 1. The summed E-state index contributed by atoms with van der Waals surface area (Å²) >= 11 is 11.8. The molecule has 0 saturated carbocycles. The van der Waals surface area contributed by atoms with Crippen molar-refractivity contribution < 1.29 is 14.3 Å². The minimum atomic E-state index is -0.459. The molecule has 1 atom stereocenters. The lowest BCUT2D eigenvalue weighted by Gasteiger charge is -2.13. The van der Waals surface area contributed by atoms with E-state index in [9.17, 15) is 9.59 Å². The molecule has 0 aromatic heterocycles. The summed E-state index contributed by atoms with van der Waals surface area (Å²) in [7, 11) is 0. The van der Waals surface area contributed by atoms with Crippen LogP contribution in [0.5, 0.6) is 0 Å². The molecular weight excluding hydrogens is 351 g/mol. The Hall–Kier alpha value is -2.24. The van der Waals surface area contributed by atoms with Gasteiger partial charge in [-0.3, -0.25) is 9.69 Å². The molecule has 0 spiro atoms. The molecule has 1 heterocycles. The van der Waals surface area contributed by atoms with E-state index in [4.69, 9.17) is 27.9 Å². The van der Waals surface area contributed by atoms with Gasteiger partial charge in [0.15, 0.2) is 0 Å². The van der Waals surface area contributed by atoms with E-state index in [1.807, 2.05) is 0 Å². The Kier molecular flexibility index (Phi) is 4.92. The van der Waals surface area contributed by atoms with Crippen molar-refractivity contribution in [2.45, 2.75) is 6.10 Å². The van der Waals surface area contributed by atoms with Gasteiger partial charge in [0, 0.05) is 21.3 Å². The van der Waals surface area contributed by atoms with E-state index in [0.717, 1.165) is 0 Å². The number of nitrogens with zero attached hydrogens (tertiary/aromatic N) is 1. The normalized spacial score (nSPS) is 16.8. The van der Waals surface area contributed by atoms with Crippen molar-refractivity contribution in [2.24, 2.45) is 0 Å². The zero-order chi connectivity index (χ0) is 17.1. The van der Waals surface area contributed by atoms with E-state index < -0.39 is 12.2 Å². The van der Waals surface area contributed by atoms with Gasteiger partial charge in [0.2, 0.25) is 0 Å². The molecule has 7 heteroatoms. The fourth-order valence-electron chi connectivity index (χ4n) is 2.42. The fraction of sp³-hybridized carbons (Fsp3) is 0.176. The van der Waals surface area contributed by atoms with Crippen LogP contribution < -0.4 is 10.2 Å². The van der Waals surface area contributed by atoms with Crippen LogP contribution in [0, 0.1) is 0 Å². The molecule has 5 nitrogen and oxygen atoms in total. The maximum atomic E-state index is 12.1. The van der Waals surface area contributed by atoms with Gasteiger partial charge in [-0.25, -0.2) is 4.79 Å². The quantitative estimate of drug-likeness (QED) is 0.898. The van der Waals surface area contributed by atoms with Gasteiger partial charge >= 0.3 is 6.09 Å². The van der Waals surface area contributed by atoms with Crippen LogP contribution in [0.3, 0.4) is 0 Å². The first kappa shape index (κ1) is 16.6. The Morgan fingerprint density at radius 3 is 2.58 bits per heavy atom. The average molecular weight is 365 g/mol. The van der Waals surface area contributed by atoms with Crippen molar-refractivity contribution in [3.63, 3.8) is 0 Å². The first-order valence-electron chi connectivity index (χ1n) is 7.30. The van der Waals surface area contributed by atoms with Gasteiger partial charge in [-0.2, -0.15) is 0 Å². The second-order valence-electron chi connectivity index (χ2n) is 5.32. The molecule has 3 rings (SSSR count). The average Bonchev–Trinajstić information content (AvgIpc) is 2.93. The molecular formula is C17H14Cl2N2O3. The number of hydrogen-bond donors (Lipinski definition) is 1. The van der Waals surface area contributed by atoms with Crippen LogP contribution in [0.15, 0.2) is 48.5 Å². The van der Waals surface area contributed by atoms with E-state index in [1.54, 1.807) is 48.5 Å². The highest BCUT2D eigenvalue weighted by Gasteiger charge is 2.32. The Balaban J connectivity index is 1.59. The van der Waals surface area contributed by atoms with Gasteiger partial charge in [0.25, 0.3) is 5.91 Å². The van der Waals surface area contributed by atoms with Crippen molar-refractivity contribution in [2.75, 3.05) is 18.0 Å². The summed E-state index contributed by atoms with van der Waals surface area (Å²) in [5.41, 5.74) is 1.12. The molecule has 1 N–H and O–H groups in total. The Bertz CT molecular complexity index is 782. The molecule has 0 radical (unpaired) electrons. The highest BCUT2D eigenvalue weighted by Crippen LogP contribution is 2.24. The number of carbonyl (C=O) groups is 2. The van der Waals surface area contributed by atoms with Crippen molar-refractivity contribution in [1.82, 2.24) is 5.32 Å². The lowest BCUT2D eigenvalue weighted by Crippen LogP contribution is -2.34. The number of ether oxygens (including phenoxy) is 1. The molecule has 0 bridgehead atoms. The Labute approximate surface area is 149 Å². The summed E-state index contributed by atoms with van der Waals surface area (Å²) in [5.74, 6) is -0.269. The predicted molar refractivity (Wildman–Crippen MR) is 92.9 cm³/mol. The molecule has 1 aliphatic rings. The molecule has 1 saturated heterocycles. The minimum absolute atomic E-state index is 0.216. The second-order valence-corrected chi connectivity index (χ2v) is 6.19. The maximum Gasteiger partial charge on any atom is 0.414 e. The smallest absolute Gasteiger partial charge is 0.414 e. The van der Waals surface area contributed by atoms with Crippen molar-refractivity contribution in [3.8, 4) is 0 Å². The standard InChI is InChI=1S/C17H14Cl2N2O3/c18-12-4-1-3-11(7-12)16(22)20-9-15-10-21(17(23)24-15)14-6-2-5-13(19)8-14/h1-8,15H,9-10H2,(H,20,22). The lowest BCUT2D eigenvalue weighted by atomic mass is 10.2. The van der Waals surface area contributed by atoms with Crippen LogP contribution >= 0.6 is 23.2 Å². The number of cyclic esters (lactones) is 1. The van der Waals surface area contributed by atoms with Crippen LogP contribution in [-0.4, -0.2) is 31.2 Å². The van der Waals surface area contributed by atoms with Gasteiger partial charge in [-0.05, 0) is 36.4 Å². The monoisotopic (exact) mass is 364 g/mol. The molecule has 2 aromatic carbocycles. The maximum absolute atomic E-state index is 12.1. The minimum Gasteiger partial charge on any atom is -0.442 e. The molecule has 1 unspecified atom stereocenters. The molecule has 124 valence electrons. The summed E-state index contributed by atoms with van der Waals surface area (Å²) in [6.45, 7) is 0.559. The van der Waals surface area contributed by atoms with Gasteiger partial charge in [0.05, 0.1) is 13.1 Å². The summed E-state index contributed by atoms with van der Waals surface area (Å²) in [5, 5.41) is 3.77. The van der Waals surface area contributed by atoms with Gasteiger partial charge in [0.1, 0.15) is 6.10 Å². The number of halogens is 2. The van der Waals surface area contributed by atoms with Gasteiger partial charge in [-0.15, -0.1) is 0 Å². The predicted octanol–water partition coefficient (Wildman–Crippen LogP) is 3.75. The molecule has 2 aromatic rings. The zero-order valence-electron chi connectivity index (χ0n) is 12.5. The van der Waals surface area contributed by atoms with E-state index in [1.165, 1.54) is 4.90 Å². The highest BCUT2D eigenvalue weighted by atomic mass is 35.5. The third-order valence-electron chi connectivity index (χ3n) is 3.57. The first-order chi connectivity index (χ1) is 11.5. The highest BCUT2D eigenvalue weighted by molar-refractivity contribution is 6.31. The number of carbonyl (C=O) groups excluding carboxylic acids is 2. The largest absolute Gasteiger partial charge is 0.442 e. The molecule has 1 aliphatic heterocycles. The second kappa shape index (κ2) is 7.11. The Morgan fingerprint density at radius 1 is 1.17 bits per heavy atom. The first-order valence-corrected chi connectivity index (χ1v) is 8.06. The zero-order valence-corrected chi connectivity index (χ0v) is 14.1. The van der Waals surface area contributed by atoms with Gasteiger partial charge in [-0.1, -0.05) is 35.3 Å². The van der Waals surface area contributed by atoms with Crippen LogP contribution in [-0.2, 0) is 4.74 Å². The molecule has 0 aliphatic carbocycles. The topological polar surface area (TPSA) is 58.6 Å². The van der Waals surface area contributed by atoms with Crippen molar-refractivity contribution in [1.29, 1.82) is 0 Å². The van der Waals surface area contributed by atoms with Crippen LogP contribution in [0.2, 0.25) is 10.0 Å². The number of hydrogen-bond acceptors (Lipinski definition) is 3. The van der Waals surface area contributed by atoms with E-state index in [-0.39, 0.29) is 12.5 Å². The summed E-state index contributed by atoms with van der Waals surface area (Å²) in [4.78, 5) is 25.6. The lowest BCUT2D eigenvalue weighted by molar-refractivity contribution is 0.0916. The molecule has 2 amide bonds. The van der Waals surface area contributed by atoms with Crippen molar-refractivity contribution >= 4 is 40.9 Å². The summed E-state index contributed by atoms with van der Waals surface area (Å²) in [6, 6.07) is 13.6. The van der Waals surface area contributed by atoms with Crippen LogP contribution in [0.4, 0.5) is 10.5 Å². The van der Waals surface area contributed by atoms with Crippen molar-refractivity contribution in [3.05, 3.63) is 64.1 Å². The SMILES string of the molecule is O=C(NCC1CN(c2cccc(Cl)c2)C(=O)O1)c1cccc(Cl)c1. The van der Waals surface area contributed by atoms with E-state index in [2.05, 4.69) is 5.32 Å². The van der Waals surface area contributed by atoms with Gasteiger partial charge < -0.3 is 10.1 Å². The number of rotatable bonds is 4. The number of amides is 2. The van der Waals surface area contributed by atoms with Crippen LogP contribution in [0.1, 0.15) is 10.4 Å². The number of benzene rings is 2. The Morgan fingerprint density at radius 2 is 1.88 bits per heavy atom. The summed E-state index contributed by atoms with van der Waals surface area (Å²) in [6.07, 6.45) is -0.890. The fourth-order valence-corrected chi connectivity index (χ4v) is 2.80.